The number of para-hydroxylation sites is 1. The van der Waals surface area contributed by atoms with Crippen LogP contribution in [0.25, 0.3) is 0 Å². The zero-order valence-corrected chi connectivity index (χ0v) is 19.8. The summed E-state index contributed by atoms with van der Waals surface area (Å²) in [5.41, 5.74) is 2.05. The molecule has 1 aliphatic carbocycles. The summed E-state index contributed by atoms with van der Waals surface area (Å²) in [6.07, 6.45) is 4.55. The molecule has 0 bridgehead atoms. The van der Waals surface area contributed by atoms with Crippen molar-refractivity contribution in [3.8, 4) is 0 Å². The summed E-state index contributed by atoms with van der Waals surface area (Å²) in [7, 11) is 0. The van der Waals surface area contributed by atoms with Crippen molar-refractivity contribution in [3.63, 3.8) is 0 Å². The van der Waals surface area contributed by atoms with Crippen molar-refractivity contribution in [2.75, 3.05) is 11.9 Å². The fraction of sp³-hybridized carbons (Fsp3) is 0.444. The van der Waals surface area contributed by atoms with Gasteiger partial charge in [0.2, 0.25) is 0 Å². The van der Waals surface area contributed by atoms with Crippen LogP contribution in [0.1, 0.15) is 62.4 Å². The third-order valence-electron chi connectivity index (χ3n) is 6.46. The maximum absolute atomic E-state index is 12.7. The third-order valence-corrected chi connectivity index (χ3v) is 6.46. The molecule has 0 aliphatic heterocycles. The van der Waals surface area contributed by atoms with E-state index in [1.807, 2.05) is 30.3 Å². The van der Waals surface area contributed by atoms with Gasteiger partial charge in [-0.1, -0.05) is 63.2 Å². The van der Waals surface area contributed by atoms with Gasteiger partial charge in [-0.3, -0.25) is 14.4 Å². The van der Waals surface area contributed by atoms with Gasteiger partial charge in [0.25, 0.3) is 5.91 Å². The molecule has 0 saturated heterocycles. The molecule has 0 spiro atoms. The monoisotopic (exact) mass is 449 g/mol. The number of nitrogens with one attached hydrogen (secondary N) is 3. The Morgan fingerprint density at radius 3 is 2.15 bits per heavy atom. The Morgan fingerprint density at radius 2 is 1.48 bits per heavy atom. The molecule has 1 fully saturated rings. The molecule has 0 unspecified atom stereocenters. The van der Waals surface area contributed by atoms with Gasteiger partial charge in [0, 0.05) is 12.6 Å². The molecule has 176 valence electrons. The van der Waals surface area contributed by atoms with Crippen molar-refractivity contribution in [2.45, 2.75) is 58.9 Å². The Bertz CT molecular complexity index is 958. The average molecular weight is 450 g/mol. The molecule has 3 amide bonds. The Kier molecular flexibility index (Phi) is 8.26. The molecular weight excluding hydrogens is 414 g/mol. The molecule has 33 heavy (non-hydrogen) atoms. The lowest BCUT2D eigenvalue weighted by Crippen LogP contribution is -2.44. The second-order valence-electron chi connectivity index (χ2n) is 9.88. The first-order chi connectivity index (χ1) is 15.7. The molecule has 0 radical (unpaired) electrons. The maximum Gasteiger partial charge on any atom is 0.313 e. The minimum absolute atomic E-state index is 0.0124. The fourth-order valence-electron chi connectivity index (χ4n) is 4.38. The van der Waals surface area contributed by atoms with E-state index < -0.39 is 11.8 Å². The summed E-state index contributed by atoms with van der Waals surface area (Å²) in [6.45, 7) is 7.22. The highest BCUT2D eigenvalue weighted by Gasteiger charge is 2.31. The van der Waals surface area contributed by atoms with Gasteiger partial charge in [0.05, 0.1) is 11.3 Å². The van der Waals surface area contributed by atoms with Crippen molar-refractivity contribution in [3.05, 3.63) is 65.7 Å². The molecule has 6 nitrogen and oxygen atoms in total. The van der Waals surface area contributed by atoms with E-state index in [-0.39, 0.29) is 17.4 Å². The van der Waals surface area contributed by atoms with Crippen molar-refractivity contribution < 1.29 is 14.4 Å². The minimum Gasteiger partial charge on any atom is -0.352 e. The molecular formula is C27H35N3O3. The number of anilines is 1. The highest BCUT2D eigenvalue weighted by Crippen LogP contribution is 2.37. The van der Waals surface area contributed by atoms with Crippen LogP contribution in [0.15, 0.2) is 54.6 Å². The highest BCUT2D eigenvalue weighted by atomic mass is 16.2. The van der Waals surface area contributed by atoms with Gasteiger partial charge in [0.1, 0.15) is 0 Å². The van der Waals surface area contributed by atoms with Crippen molar-refractivity contribution in [2.24, 2.45) is 11.3 Å². The molecule has 0 aromatic heterocycles. The van der Waals surface area contributed by atoms with Crippen LogP contribution in [-0.2, 0) is 16.0 Å². The number of rotatable bonds is 6. The first-order valence-corrected chi connectivity index (χ1v) is 11.8. The molecule has 0 heterocycles. The maximum atomic E-state index is 12.7. The number of carbonyl (C=O) groups excluding carboxylic acids is 3. The van der Waals surface area contributed by atoms with Crippen molar-refractivity contribution in [1.82, 2.24) is 10.6 Å². The standard InChI is InChI=1S/C27H35N3O3/c1-27(2,3)20-13-15-21(16-14-20)29-25(32)26(33)30-23-12-8-7-11-22(23)24(31)28-18-17-19-9-5-4-6-10-19/h4-12,20-21H,13-18H2,1-3H3,(H,28,31)(H,29,32)(H,30,33). The minimum atomic E-state index is -0.752. The van der Waals surface area contributed by atoms with Crippen LogP contribution in [-0.4, -0.2) is 30.3 Å². The van der Waals surface area contributed by atoms with E-state index in [1.165, 1.54) is 0 Å². The van der Waals surface area contributed by atoms with Crippen molar-refractivity contribution in [1.29, 1.82) is 0 Å². The van der Waals surface area contributed by atoms with Crippen LogP contribution >= 0.6 is 0 Å². The highest BCUT2D eigenvalue weighted by molar-refractivity contribution is 6.40. The molecule has 1 aliphatic rings. The quantitative estimate of drug-likeness (QED) is 0.574. The molecule has 3 N–H and O–H groups in total. The zero-order valence-electron chi connectivity index (χ0n) is 19.8. The number of hydrogen-bond acceptors (Lipinski definition) is 3. The van der Waals surface area contributed by atoms with E-state index in [9.17, 15) is 14.4 Å². The molecule has 6 heteroatoms. The van der Waals surface area contributed by atoms with Gasteiger partial charge in [-0.15, -0.1) is 0 Å². The molecule has 2 aromatic carbocycles. The van der Waals surface area contributed by atoms with E-state index in [1.54, 1.807) is 24.3 Å². The van der Waals surface area contributed by atoms with Gasteiger partial charge in [0.15, 0.2) is 0 Å². The van der Waals surface area contributed by atoms with E-state index in [2.05, 4.69) is 36.7 Å². The van der Waals surface area contributed by atoms with Crippen LogP contribution in [0.3, 0.4) is 0 Å². The second kappa shape index (κ2) is 11.1. The largest absolute Gasteiger partial charge is 0.352 e. The number of hydrogen-bond donors (Lipinski definition) is 3. The number of benzene rings is 2. The predicted molar refractivity (Wildman–Crippen MR) is 131 cm³/mol. The summed E-state index contributed by atoms with van der Waals surface area (Å²) in [4.78, 5) is 37.7. The average Bonchev–Trinajstić information content (AvgIpc) is 2.79. The van der Waals surface area contributed by atoms with Crippen LogP contribution < -0.4 is 16.0 Å². The van der Waals surface area contributed by atoms with Gasteiger partial charge in [-0.2, -0.15) is 0 Å². The Balaban J connectivity index is 1.51. The molecule has 0 atom stereocenters. The van der Waals surface area contributed by atoms with Gasteiger partial charge < -0.3 is 16.0 Å². The second-order valence-corrected chi connectivity index (χ2v) is 9.88. The smallest absolute Gasteiger partial charge is 0.313 e. The first-order valence-electron chi connectivity index (χ1n) is 11.8. The normalized spacial score (nSPS) is 18.3. The fourth-order valence-corrected chi connectivity index (χ4v) is 4.38. The number of amides is 3. The van der Waals surface area contributed by atoms with Gasteiger partial charge in [-0.25, -0.2) is 0 Å². The first kappa shape index (κ1) is 24.5. The SMILES string of the molecule is CC(C)(C)C1CCC(NC(=O)C(=O)Nc2ccccc2C(=O)NCCc2ccccc2)CC1. The Labute approximate surface area is 196 Å². The van der Waals surface area contributed by atoms with Gasteiger partial charge in [-0.05, 0) is 61.1 Å². The van der Waals surface area contributed by atoms with Crippen LogP contribution in [0, 0.1) is 11.3 Å². The summed E-state index contributed by atoms with van der Waals surface area (Å²) in [5.74, 6) is -1.07. The zero-order chi connectivity index (χ0) is 23.8. The lowest BCUT2D eigenvalue weighted by atomic mass is 9.71. The molecule has 3 rings (SSSR count). The van der Waals surface area contributed by atoms with Crippen LogP contribution in [0.4, 0.5) is 5.69 Å². The van der Waals surface area contributed by atoms with Crippen LogP contribution in [0.2, 0.25) is 0 Å². The van der Waals surface area contributed by atoms with E-state index >= 15 is 0 Å². The van der Waals surface area contributed by atoms with Gasteiger partial charge >= 0.3 is 11.8 Å². The molecule has 1 saturated carbocycles. The van der Waals surface area contributed by atoms with E-state index in [4.69, 9.17) is 0 Å². The third kappa shape index (κ3) is 7.17. The summed E-state index contributed by atoms with van der Waals surface area (Å²) >= 11 is 0. The Hall–Kier alpha value is -3.15. The lowest BCUT2D eigenvalue weighted by Gasteiger charge is -2.37. The van der Waals surface area contributed by atoms with E-state index in [0.717, 1.165) is 31.2 Å². The topological polar surface area (TPSA) is 87.3 Å². The van der Waals surface area contributed by atoms with E-state index in [0.29, 0.717) is 30.1 Å². The summed E-state index contributed by atoms with van der Waals surface area (Å²) in [5, 5.41) is 8.35. The van der Waals surface area contributed by atoms with Crippen molar-refractivity contribution >= 4 is 23.4 Å². The summed E-state index contributed by atoms with van der Waals surface area (Å²) < 4.78 is 0. The summed E-state index contributed by atoms with van der Waals surface area (Å²) in [6, 6.07) is 16.6. The predicted octanol–water partition coefficient (Wildman–Crippen LogP) is 4.32. The lowest BCUT2D eigenvalue weighted by molar-refractivity contribution is -0.136. The van der Waals surface area contributed by atoms with Crippen LogP contribution in [0.5, 0.6) is 0 Å². The molecule has 2 aromatic rings. The number of carbonyl (C=O) groups is 3. The Morgan fingerprint density at radius 1 is 0.848 bits per heavy atom.